The fourth-order valence-corrected chi connectivity index (χ4v) is 3.39. The van der Waals surface area contributed by atoms with E-state index in [1.54, 1.807) is 6.20 Å². The zero-order valence-electron chi connectivity index (χ0n) is 14.1. The Kier molecular flexibility index (Phi) is 4.64. The Bertz CT molecular complexity index is 775. The highest BCUT2D eigenvalue weighted by molar-refractivity contribution is 6.76. The van der Waals surface area contributed by atoms with Gasteiger partial charge in [0.2, 0.25) is 0 Å². The van der Waals surface area contributed by atoms with Gasteiger partial charge in [0.1, 0.15) is 6.73 Å². The fourth-order valence-electron chi connectivity index (χ4n) is 2.64. The lowest BCUT2D eigenvalue weighted by Crippen LogP contribution is -2.22. The lowest BCUT2D eigenvalue weighted by atomic mass is 10.2. The van der Waals surface area contributed by atoms with Gasteiger partial charge in [-0.2, -0.15) is 0 Å². The van der Waals surface area contributed by atoms with Crippen LogP contribution in [0.15, 0.2) is 54.9 Å². The molecule has 0 amide bonds. The van der Waals surface area contributed by atoms with E-state index >= 15 is 0 Å². The monoisotopic (exact) mass is 324 g/mol. The molecule has 0 saturated heterocycles. The van der Waals surface area contributed by atoms with Crippen LogP contribution in [0.3, 0.4) is 0 Å². The van der Waals surface area contributed by atoms with Crippen LogP contribution in [0.1, 0.15) is 0 Å². The minimum absolute atomic E-state index is 0.586. The number of nitrogens with zero attached hydrogens (tertiary/aromatic N) is 2. The van der Waals surface area contributed by atoms with Crippen molar-refractivity contribution in [3.05, 3.63) is 54.9 Å². The normalized spacial score (nSPS) is 12.0. The summed E-state index contributed by atoms with van der Waals surface area (Å²) in [6, 6.07) is 15.9. The summed E-state index contributed by atoms with van der Waals surface area (Å²) in [4.78, 5) is 4.25. The van der Waals surface area contributed by atoms with Crippen LogP contribution in [0.25, 0.3) is 22.2 Å². The van der Waals surface area contributed by atoms with E-state index in [1.807, 2.05) is 12.3 Å². The first-order chi connectivity index (χ1) is 11.0. The van der Waals surface area contributed by atoms with Crippen molar-refractivity contribution in [3.8, 4) is 11.3 Å². The van der Waals surface area contributed by atoms with Gasteiger partial charge in [-0.1, -0.05) is 37.8 Å². The number of aromatic nitrogens is 2. The van der Waals surface area contributed by atoms with E-state index in [4.69, 9.17) is 4.74 Å². The van der Waals surface area contributed by atoms with Gasteiger partial charge in [0.15, 0.2) is 0 Å². The Morgan fingerprint density at radius 3 is 2.65 bits per heavy atom. The maximum atomic E-state index is 6.00. The zero-order valence-corrected chi connectivity index (χ0v) is 15.1. The van der Waals surface area contributed by atoms with E-state index in [-0.39, 0.29) is 0 Å². The maximum Gasteiger partial charge on any atom is 0.123 e. The SMILES string of the molecule is C[Si](C)(C)CCOCn1c(-c2cccnc2)cc2ccccc21. The van der Waals surface area contributed by atoms with Crippen LogP contribution in [0.2, 0.25) is 25.7 Å². The second-order valence-electron chi connectivity index (χ2n) is 7.11. The second-order valence-corrected chi connectivity index (χ2v) is 12.7. The Hall–Kier alpha value is -1.91. The van der Waals surface area contributed by atoms with Crippen LogP contribution >= 0.6 is 0 Å². The number of hydrogen-bond acceptors (Lipinski definition) is 2. The lowest BCUT2D eigenvalue weighted by molar-refractivity contribution is 0.0913. The minimum Gasteiger partial charge on any atom is -0.361 e. The molecular weight excluding hydrogens is 300 g/mol. The van der Waals surface area contributed by atoms with Crippen molar-refractivity contribution in [1.29, 1.82) is 0 Å². The van der Waals surface area contributed by atoms with Crippen LogP contribution in [0.4, 0.5) is 0 Å². The number of pyridine rings is 1. The van der Waals surface area contributed by atoms with E-state index < -0.39 is 8.07 Å². The molecule has 4 heteroatoms. The van der Waals surface area contributed by atoms with Crippen molar-refractivity contribution < 1.29 is 4.74 Å². The van der Waals surface area contributed by atoms with Gasteiger partial charge in [0, 0.05) is 38.0 Å². The molecule has 0 aliphatic carbocycles. The van der Waals surface area contributed by atoms with Crippen molar-refractivity contribution >= 4 is 19.0 Å². The van der Waals surface area contributed by atoms with Crippen LogP contribution in [-0.4, -0.2) is 24.2 Å². The van der Waals surface area contributed by atoms with Gasteiger partial charge in [0.05, 0.1) is 11.2 Å². The summed E-state index contributed by atoms with van der Waals surface area (Å²) in [7, 11) is -1.05. The summed E-state index contributed by atoms with van der Waals surface area (Å²) in [5, 5.41) is 1.24. The number of fused-ring (bicyclic) bond motifs is 1. The second kappa shape index (κ2) is 6.68. The highest BCUT2D eigenvalue weighted by Gasteiger charge is 2.14. The van der Waals surface area contributed by atoms with Crippen molar-refractivity contribution in [1.82, 2.24) is 9.55 Å². The summed E-state index contributed by atoms with van der Waals surface area (Å²) in [5.41, 5.74) is 3.49. The third-order valence-electron chi connectivity index (χ3n) is 3.98. The quantitative estimate of drug-likeness (QED) is 0.470. The molecular formula is C19H24N2OSi. The fraction of sp³-hybridized carbons (Fsp3) is 0.316. The van der Waals surface area contributed by atoms with Crippen molar-refractivity contribution in [2.75, 3.05) is 6.61 Å². The summed E-state index contributed by atoms with van der Waals surface area (Å²) >= 11 is 0. The topological polar surface area (TPSA) is 27.1 Å². The molecule has 23 heavy (non-hydrogen) atoms. The molecule has 0 N–H and O–H groups in total. The smallest absolute Gasteiger partial charge is 0.123 e. The van der Waals surface area contributed by atoms with Crippen molar-refractivity contribution in [2.45, 2.75) is 32.4 Å². The van der Waals surface area contributed by atoms with Crippen LogP contribution in [0, 0.1) is 0 Å². The summed E-state index contributed by atoms with van der Waals surface area (Å²) in [5.74, 6) is 0. The Balaban J connectivity index is 1.88. The summed E-state index contributed by atoms with van der Waals surface area (Å²) in [6.45, 7) is 8.55. The molecule has 0 saturated carbocycles. The largest absolute Gasteiger partial charge is 0.361 e. The van der Waals surface area contributed by atoms with Gasteiger partial charge in [-0.05, 0) is 30.3 Å². The molecule has 2 aromatic heterocycles. The Morgan fingerprint density at radius 2 is 1.91 bits per heavy atom. The van der Waals surface area contributed by atoms with Crippen LogP contribution in [0.5, 0.6) is 0 Å². The number of para-hydroxylation sites is 1. The first-order valence-corrected chi connectivity index (χ1v) is 11.8. The standard InChI is InChI=1S/C19H24N2OSi/c1-23(2,3)12-11-22-15-21-18-9-5-4-7-16(18)13-19(21)17-8-6-10-20-14-17/h4-10,13-14H,11-12,15H2,1-3H3. The van der Waals surface area contributed by atoms with E-state index in [0.29, 0.717) is 6.73 Å². The molecule has 3 aromatic rings. The minimum atomic E-state index is -1.05. The van der Waals surface area contributed by atoms with Gasteiger partial charge >= 0.3 is 0 Å². The third kappa shape index (κ3) is 3.89. The molecule has 120 valence electrons. The molecule has 0 fully saturated rings. The molecule has 0 aliphatic heterocycles. The molecule has 0 radical (unpaired) electrons. The maximum absolute atomic E-state index is 6.00. The van der Waals surface area contributed by atoms with Gasteiger partial charge in [-0.3, -0.25) is 4.98 Å². The number of ether oxygens (including phenoxy) is 1. The molecule has 3 rings (SSSR count). The predicted molar refractivity (Wildman–Crippen MR) is 99.3 cm³/mol. The van der Waals surface area contributed by atoms with Gasteiger partial charge in [-0.25, -0.2) is 0 Å². The zero-order chi connectivity index (χ0) is 16.3. The Labute approximate surface area is 138 Å². The van der Waals surface area contributed by atoms with Gasteiger partial charge in [0.25, 0.3) is 0 Å². The number of rotatable bonds is 6. The van der Waals surface area contributed by atoms with E-state index in [2.05, 4.69) is 65.6 Å². The van der Waals surface area contributed by atoms with E-state index in [0.717, 1.165) is 17.9 Å². The molecule has 3 nitrogen and oxygen atoms in total. The van der Waals surface area contributed by atoms with E-state index in [9.17, 15) is 0 Å². The predicted octanol–water partition coefficient (Wildman–Crippen LogP) is 5.02. The average molecular weight is 325 g/mol. The van der Waals surface area contributed by atoms with Crippen molar-refractivity contribution in [3.63, 3.8) is 0 Å². The molecule has 1 aromatic carbocycles. The average Bonchev–Trinajstić information content (AvgIpc) is 2.90. The lowest BCUT2D eigenvalue weighted by Gasteiger charge is -2.17. The molecule has 0 bridgehead atoms. The molecule has 0 aliphatic rings. The van der Waals surface area contributed by atoms with Gasteiger partial charge < -0.3 is 9.30 Å². The molecule has 2 heterocycles. The number of hydrogen-bond donors (Lipinski definition) is 0. The van der Waals surface area contributed by atoms with Crippen molar-refractivity contribution in [2.24, 2.45) is 0 Å². The molecule has 0 atom stereocenters. The molecule has 0 unspecified atom stereocenters. The van der Waals surface area contributed by atoms with Gasteiger partial charge in [-0.15, -0.1) is 0 Å². The highest BCUT2D eigenvalue weighted by atomic mass is 28.3. The highest BCUT2D eigenvalue weighted by Crippen LogP contribution is 2.27. The molecule has 0 spiro atoms. The third-order valence-corrected chi connectivity index (χ3v) is 5.69. The van der Waals surface area contributed by atoms with E-state index in [1.165, 1.54) is 16.9 Å². The summed E-state index contributed by atoms with van der Waals surface area (Å²) < 4.78 is 8.25. The number of benzene rings is 1. The van der Waals surface area contributed by atoms with Crippen LogP contribution in [-0.2, 0) is 11.5 Å². The Morgan fingerprint density at radius 1 is 1.09 bits per heavy atom. The first kappa shape index (κ1) is 16.0. The van der Waals surface area contributed by atoms with Crippen LogP contribution < -0.4 is 0 Å². The first-order valence-electron chi connectivity index (χ1n) is 8.11. The summed E-state index contributed by atoms with van der Waals surface area (Å²) in [6.07, 6.45) is 3.72.